The van der Waals surface area contributed by atoms with Crippen molar-refractivity contribution in [3.63, 3.8) is 0 Å². The molecule has 0 spiro atoms. The highest BCUT2D eigenvalue weighted by Gasteiger charge is 2.37. The maximum absolute atomic E-state index is 13.2. The number of aromatic nitrogens is 3. The molecule has 2 fully saturated rings. The lowest BCUT2D eigenvalue weighted by atomic mass is 9.82. The molecule has 0 unspecified atom stereocenters. The van der Waals surface area contributed by atoms with Crippen LogP contribution in [0.5, 0.6) is 0 Å². The highest BCUT2D eigenvalue weighted by molar-refractivity contribution is 5.97. The van der Waals surface area contributed by atoms with Gasteiger partial charge in [-0.15, -0.1) is 0 Å². The molecule has 2 bridgehead atoms. The van der Waals surface area contributed by atoms with E-state index in [0.29, 0.717) is 31.1 Å². The second-order valence-electron chi connectivity index (χ2n) is 9.33. The van der Waals surface area contributed by atoms with Gasteiger partial charge in [0.25, 0.3) is 11.5 Å². The van der Waals surface area contributed by atoms with Crippen LogP contribution >= 0.6 is 0 Å². The Kier molecular flexibility index (Phi) is 4.45. The minimum absolute atomic E-state index is 0.0340. The number of likely N-dealkylation sites (tertiary alicyclic amines) is 2. The van der Waals surface area contributed by atoms with Gasteiger partial charge in [0.15, 0.2) is 0 Å². The van der Waals surface area contributed by atoms with Crippen LogP contribution in [0.25, 0.3) is 11.0 Å². The summed E-state index contributed by atoms with van der Waals surface area (Å²) in [7, 11) is 0. The predicted octanol–water partition coefficient (Wildman–Crippen LogP) is 2.58. The first-order valence-electron chi connectivity index (χ1n) is 11.3. The van der Waals surface area contributed by atoms with Gasteiger partial charge in [-0.05, 0) is 56.5 Å². The number of pyridine rings is 2. The smallest absolute Gasteiger partial charge is 0.255 e. The molecule has 7 heteroatoms. The summed E-state index contributed by atoms with van der Waals surface area (Å²) in [6.45, 7) is 5.00. The van der Waals surface area contributed by atoms with Gasteiger partial charge in [0, 0.05) is 61.1 Å². The van der Waals surface area contributed by atoms with Crippen LogP contribution in [-0.4, -0.2) is 56.4 Å². The summed E-state index contributed by atoms with van der Waals surface area (Å²) in [5.41, 5.74) is 3.59. The highest BCUT2D eigenvalue weighted by atomic mass is 16.2. The minimum atomic E-state index is 0.0340. The average molecular weight is 418 g/mol. The monoisotopic (exact) mass is 417 g/mol. The van der Waals surface area contributed by atoms with Gasteiger partial charge in [0.1, 0.15) is 5.65 Å². The van der Waals surface area contributed by atoms with E-state index in [0.717, 1.165) is 48.3 Å². The van der Waals surface area contributed by atoms with Crippen molar-refractivity contribution in [1.29, 1.82) is 0 Å². The molecule has 0 radical (unpaired) electrons. The summed E-state index contributed by atoms with van der Waals surface area (Å²) in [4.78, 5) is 38.2. The Morgan fingerprint density at radius 2 is 2.00 bits per heavy atom. The van der Waals surface area contributed by atoms with E-state index < -0.39 is 0 Å². The largest absolute Gasteiger partial charge is 0.346 e. The van der Waals surface area contributed by atoms with E-state index >= 15 is 0 Å². The molecule has 3 aliphatic rings. The number of fused-ring (bicyclic) bond motifs is 5. The van der Waals surface area contributed by atoms with E-state index in [9.17, 15) is 9.59 Å². The number of carbonyl (C=O) groups excluding carboxylic acids is 1. The molecule has 31 heavy (non-hydrogen) atoms. The molecule has 3 aromatic rings. The molecule has 0 saturated carbocycles. The van der Waals surface area contributed by atoms with Crippen molar-refractivity contribution in [2.75, 3.05) is 26.2 Å². The van der Waals surface area contributed by atoms with Crippen LogP contribution in [0.1, 0.15) is 46.8 Å². The van der Waals surface area contributed by atoms with Crippen molar-refractivity contribution in [3.05, 3.63) is 63.8 Å². The summed E-state index contributed by atoms with van der Waals surface area (Å²) in [5, 5.41) is 0.950. The van der Waals surface area contributed by atoms with Crippen molar-refractivity contribution < 1.29 is 4.79 Å². The maximum atomic E-state index is 13.2. The number of piperidine rings is 1. The maximum Gasteiger partial charge on any atom is 0.255 e. The predicted molar refractivity (Wildman–Crippen MR) is 118 cm³/mol. The van der Waals surface area contributed by atoms with Gasteiger partial charge >= 0.3 is 0 Å². The summed E-state index contributed by atoms with van der Waals surface area (Å²) in [5.74, 6) is 0.569. The summed E-state index contributed by atoms with van der Waals surface area (Å²) >= 11 is 0. The molecular weight excluding hydrogens is 390 g/mol. The zero-order valence-corrected chi connectivity index (χ0v) is 17.6. The molecule has 0 aliphatic carbocycles. The number of carbonyl (C=O) groups is 1. The summed E-state index contributed by atoms with van der Waals surface area (Å²) < 4.78 is 2.00. The molecule has 2 atom stereocenters. The molecule has 160 valence electrons. The number of nitrogens with one attached hydrogen (secondary N) is 1. The number of amides is 1. The molecule has 3 aromatic heterocycles. The Bertz CT molecular complexity index is 1210. The zero-order chi connectivity index (χ0) is 20.9. The first-order chi connectivity index (χ1) is 15.2. The second-order valence-corrected chi connectivity index (χ2v) is 9.33. The molecule has 6 heterocycles. The van der Waals surface area contributed by atoms with E-state index in [4.69, 9.17) is 0 Å². The van der Waals surface area contributed by atoms with Crippen LogP contribution in [0.3, 0.4) is 0 Å². The van der Waals surface area contributed by atoms with Gasteiger partial charge in [0.2, 0.25) is 0 Å². The van der Waals surface area contributed by atoms with Gasteiger partial charge in [-0.2, -0.15) is 0 Å². The summed E-state index contributed by atoms with van der Waals surface area (Å²) in [6.07, 6.45) is 7.00. The third kappa shape index (κ3) is 3.28. The number of H-pyrrole nitrogens is 1. The van der Waals surface area contributed by atoms with Crippen molar-refractivity contribution in [3.8, 4) is 0 Å². The minimum Gasteiger partial charge on any atom is -0.346 e. The first kappa shape index (κ1) is 18.8. The van der Waals surface area contributed by atoms with Crippen LogP contribution in [0, 0.1) is 5.92 Å². The lowest BCUT2D eigenvalue weighted by molar-refractivity contribution is 0.0594. The molecule has 7 nitrogen and oxygen atoms in total. The second kappa shape index (κ2) is 7.34. The molecule has 1 amide bonds. The number of rotatable bonds is 3. The molecular formula is C24H27N5O2. The Morgan fingerprint density at radius 3 is 2.87 bits per heavy atom. The van der Waals surface area contributed by atoms with Gasteiger partial charge in [-0.1, -0.05) is 6.07 Å². The lowest BCUT2D eigenvalue weighted by Gasteiger charge is -2.43. The molecule has 2 saturated heterocycles. The third-order valence-corrected chi connectivity index (χ3v) is 7.21. The molecule has 0 aromatic carbocycles. The number of aromatic amines is 1. The van der Waals surface area contributed by atoms with Gasteiger partial charge in [-0.25, -0.2) is 4.98 Å². The van der Waals surface area contributed by atoms with Gasteiger partial charge in [-0.3, -0.25) is 14.5 Å². The van der Waals surface area contributed by atoms with Crippen LogP contribution in [0.4, 0.5) is 0 Å². The Hall–Kier alpha value is -2.93. The third-order valence-electron chi connectivity index (χ3n) is 7.21. The van der Waals surface area contributed by atoms with E-state index in [1.807, 2.05) is 33.9 Å². The zero-order valence-electron chi connectivity index (χ0n) is 17.6. The van der Waals surface area contributed by atoms with Crippen molar-refractivity contribution in [2.24, 2.45) is 5.92 Å². The van der Waals surface area contributed by atoms with Gasteiger partial charge in [0.05, 0.1) is 5.56 Å². The normalized spacial score (nSPS) is 23.3. The average Bonchev–Trinajstić information content (AvgIpc) is 3.46. The first-order valence-corrected chi connectivity index (χ1v) is 11.3. The van der Waals surface area contributed by atoms with E-state index in [2.05, 4.69) is 20.9 Å². The van der Waals surface area contributed by atoms with Crippen molar-refractivity contribution >= 4 is 16.9 Å². The van der Waals surface area contributed by atoms with Gasteiger partial charge < -0.3 is 14.5 Å². The molecule has 6 rings (SSSR count). The highest BCUT2D eigenvalue weighted by Crippen LogP contribution is 2.36. The number of hydrogen-bond donors (Lipinski definition) is 1. The van der Waals surface area contributed by atoms with Crippen LogP contribution in [0.2, 0.25) is 0 Å². The summed E-state index contributed by atoms with van der Waals surface area (Å²) in [6, 6.07) is 8.01. The quantitative estimate of drug-likeness (QED) is 0.711. The number of hydrogen-bond acceptors (Lipinski definition) is 4. The Morgan fingerprint density at radius 1 is 1.13 bits per heavy atom. The lowest BCUT2D eigenvalue weighted by Crippen LogP contribution is -2.49. The fraction of sp³-hybridized carbons (Fsp3) is 0.458. The van der Waals surface area contributed by atoms with Crippen molar-refractivity contribution in [1.82, 2.24) is 24.3 Å². The SMILES string of the molecule is O=C(c1cnc2[nH]ccc2c1)N1C[C@@H]2C[C@H](C1)c1ccc(CN3CCCC3)c(=O)n1C2. The van der Waals surface area contributed by atoms with E-state index in [1.165, 1.54) is 12.8 Å². The van der Waals surface area contributed by atoms with Crippen LogP contribution in [-0.2, 0) is 13.1 Å². The van der Waals surface area contributed by atoms with Crippen molar-refractivity contribution in [2.45, 2.75) is 38.3 Å². The van der Waals surface area contributed by atoms with E-state index in [1.54, 1.807) is 6.20 Å². The standard InChI is InChI=1S/C24H27N5O2/c30-23(19-10-17-5-6-25-22(17)26-11-19)28-12-16-9-20(15-28)21-4-3-18(24(31)29(21)13-16)14-27-7-1-2-8-27/h3-6,10-11,16,20H,1-2,7-9,12-15H2,(H,25,26)/t16-,20+/m0/s1. The molecule has 1 N–H and O–H groups in total. The fourth-order valence-electron chi connectivity index (χ4n) is 5.70. The van der Waals surface area contributed by atoms with E-state index in [-0.39, 0.29) is 17.4 Å². The topological polar surface area (TPSA) is 74.2 Å². The Labute approximate surface area is 180 Å². The fourth-order valence-corrected chi connectivity index (χ4v) is 5.70. The Balaban J connectivity index is 1.25. The molecule has 3 aliphatic heterocycles. The number of nitrogens with zero attached hydrogens (tertiary/aromatic N) is 4. The van der Waals surface area contributed by atoms with Crippen LogP contribution < -0.4 is 5.56 Å². The van der Waals surface area contributed by atoms with Crippen LogP contribution in [0.15, 0.2) is 41.5 Å².